The summed E-state index contributed by atoms with van der Waals surface area (Å²) >= 11 is 3.27. The fourth-order valence-corrected chi connectivity index (χ4v) is 2.45. The van der Waals surface area contributed by atoms with Gasteiger partial charge in [-0.05, 0) is 30.3 Å². The lowest BCUT2D eigenvalue weighted by atomic mass is 10.1. The molecule has 0 spiro atoms. The number of phenols is 4. The number of rotatable bonds is 1. The maximum atomic E-state index is 9.80. The van der Waals surface area contributed by atoms with Crippen LogP contribution in [0.25, 0.3) is 22.3 Å². The van der Waals surface area contributed by atoms with E-state index >= 15 is 0 Å². The summed E-state index contributed by atoms with van der Waals surface area (Å²) < 4.78 is 6.22. The van der Waals surface area contributed by atoms with E-state index in [9.17, 15) is 20.4 Å². The Balaban J connectivity index is 2.22. The lowest BCUT2D eigenvalue weighted by Gasteiger charge is -2.03. The summed E-state index contributed by atoms with van der Waals surface area (Å²) in [6.45, 7) is 0. The van der Waals surface area contributed by atoms with Crippen molar-refractivity contribution in [1.82, 2.24) is 0 Å². The van der Waals surface area contributed by atoms with Crippen molar-refractivity contribution < 1.29 is 24.8 Å². The summed E-state index contributed by atoms with van der Waals surface area (Å²) in [5.74, 6) is -1.17. The Morgan fingerprint density at radius 1 is 0.800 bits per heavy atom. The lowest BCUT2D eigenvalue weighted by Crippen LogP contribution is -1.76. The number of halogens is 1. The molecule has 0 bridgehead atoms. The minimum absolute atomic E-state index is 0.0205. The summed E-state index contributed by atoms with van der Waals surface area (Å²) in [6.07, 6.45) is 0. The molecule has 0 aliphatic heterocycles. The van der Waals surface area contributed by atoms with Crippen molar-refractivity contribution in [2.75, 3.05) is 0 Å². The van der Waals surface area contributed by atoms with Gasteiger partial charge in [-0.1, -0.05) is 15.9 Å². The molecule has 4 N–H and O–H groups in total. The molecular weight excluding hydrogens is 328 g/mol. The van der Waals surface area contributed by atoms with E-state index in [1.54, 1.807) is 12.1 Å². The number of fused-ring (bicyclic) bond motifs is 1. The van der Waals surface area contributed by atoms with Crippen LogP contribution >= 0.6 is 15.9 Å². The van der Waals surface area contributed by atoms with Crippen LogP contribution in [-0.2, 0) is 0 Å². The van der Waals surface area contributed by atoms with Crippen molar-refractivity contribution in [3.05, 3.63) is 34.8 Å². The third kappa shape index (κ3) is 1.94. The molecule has 2 aromatic carbocycles. The van der Waals surface area contributed by atoms with Crippen LogP contribution in [0.1, 0.15) is 0 Å². The van der Waals surface area contributed by atoms with E-state index in [-0.39, 0.29) is 5.75 Å². The Kier molecular flexibility index (Phi) is 2.76. The highest BCUT2D eigenvalue weighted by molar-refractivity contribution is 9.10. The summed E-state index contributed by atoms with van der Waals surface area (Å²) in [4.78, 5) is 0. The standard InChI is InChI=1S/C14H9BrO5/c15-8-1-7-4-12(20-14(7)11(18)5-8)6-2-9(16)13(19)10(17)3-6/h1-5,16-19H. The molecule has 20 heavy (non-hydrogen) atoms. The zero-order valence-corrected chi connectivity index (χ0v) is 11.5. The van der Waals surface area contributed by atoms with Crippen molar-refractivity contribution in [1.29, 1.82) is 0 Å². The van der Waals surface area contributed by atoms with E-state index in [2.05, 4.69) is 15.9 Å². The first kappa shape index (κ1) is 12.7. The average Bonchev–Trinajstić information content (AvgIpc) is 2.79. The molecule has 0 aliphatic carbocycles. The van der Waals surface area contributed by atoms with Gasteiger partial charge in [0.1, 0.15) is 5.76 Å². The zero-order chi connectivity index (χ0) is 14.4. The molecule has 0 saturated heterocycles. The zero-order valence-electron chi connectivity index (χ0n) is 9.96. The predicted molar refractivity (Wildman–Crippen MR) is 76.0 cm³/mol. The first-order valence-corrected chi connectivity index (χ1v) is 6.42. The summed E-state index contributed by atoms with van der Waals surface area (Å²) in [5.41, 5.74) is 0.680. The molecule has 3 rings (SSSR count). The Bertz CT molecular complexity index is 799. The van der Waals surface area contributed by atoms with Gasteiger partial charge < -0.3 is 24.8 Å². The summed E-state index contributed by atoms with van der Waals surface area (Å²) in [5, 5.41) is 38.8. The number of hydrogen-bond acceptors (Lipinski definition) is 5. The molecule has 0 radical (unpaired) electrons. The maximum absolute atomic E-state index is 9.80. The van der Waals surface area contributed by atoms with Gasteiger partial charge in [-0.2, -0.15) is 0 Å². The highest BCUT2D eigenvalue weighted by atomic mass is 79.9. The van der Waals surface area contributed by atoms with Crippen LogP contribution in [0.4, 0.5) is 0 Å². The Hall–Kier alpha value is -2.34. The fraction of sp³-hybridized carbons (Fsp3) is 0. The Morgan fingerprint density at radius 2 is 1.45 bits per heavy atom. The van der Waals surface area contributed by atoms with E-state index in [0.717, 1.165) is 0 Å². The van der Waals surface area contributed by atoms with Gasteiger partial charge in [-0.25, -0.2) is 0 Å². The van der Waals surface area contributed by atoms with E-state index in [1.165, 1.54) is 18.2 Å². The van der Waals surface area contributed by atoms with Crippen molar-refractivity contribution >= 4 is 26.9 Å². The molecular formula is C14H9BrO5. The third-order valence-electron chi connectivity index (χ3n) is 2.92. The normalized spacial score (nSPS) is 11.1. The second kappa shape index (κ2) is 4.35. The number of benzene rings is 2. The van der Waals surface area contributed by atoms with Crippen LogP contribution in [0.3, 0.4) is 0 Å². The number of furan rings is 1. The molecule has 1 heterocycles. The quantitative estimate of drug-likeness (QED) is 0.508. The monoisotopic (exact) mass is 336 g/mol. The van der Waals surface area contributed by atoms with Crippen molar-refractivity contribution in [2.45, 2.75) is 0 Å². The third-order valence-corrected chi connectivity index (χ3v) is 3.37. The van der Waals surface area contributed by atoms with Crippen LogP contribution in [-0.4, -0.2) is 20.4 Å². The second-order valence-corrected chi connectivity index (χ2v) is 5.23. The molecule has 0 saturated carbocycles. The van der Waals surface area contributed by atoms with Gasteiger partial charge in [-0.3, -0.25) is 0 Å². The second-order valence-electron chi connectivity index (χ2n) is 4.32. The van der Waals surface area contributed by atoms with Gasteiger partial charge in [0.2, 0.25) is 0 Å². The van der Waals surface area contributed by atoms with E-state index in [0.29, 0.717) is 26.8 Å². The molecule has 0 amide bonds. The molecule has 6 heteroatoms. The number of aromatic hydroxyl groups is 4. The summed E-state index contributed by atoms with van der Waals surface area (Å²) in [7, 11) is 0. The van der Waals surface area contributed by atoms with Crippen LogP contribution in [0, 0.1) is 0 Å². The maximum Gasteiger partial charge on any atom is 0.200 e. The molecule has 1 aromatic heterocycles. The molecule has 0 fully saturated rings. The van der Waals surface area contributed by atoms with Crippen molar-refractivity contribution in [2.24, 2.45) is 0 Å². The topological polar surface area (TPSA) is 94.1 Å². The minimum Gasteiger partial charge on any atom is -0.504 e. The van der Waals surface area contributed by atoms with E-state index in [1.807, 2.05) is 0 Å². The molecule has 0 unspecified atom stereocenters. The Labute approximate surface area is 121 Å². The number of phenolic OH excluding ortho intramolecular Hbond substituents is 4. The van der Waals surface area contributed by atoms with Gasteiger partial charge >= 0.3 is 0 Å². The van der Waals surface area contributed by atoms with Crippen LogP contribution in [0.5, 0.6) is 23.0 Å². The minimum atomic E-state index is -0.588. The summed E-state index contributed by atoms with van der Waals surface area (Å²) in [6, 6.07) is 7.45. The van der Waals surface area contributed by atoms with Gasteiger partial charge in [0.25, 0.3) is 0 Å². The van der Waals surface area contributed by atoms with Gasteiger partial charge in [0, 0.05) is 15.4 Å². The first-order chi connectivity index (χ1) is 9.45. The molecule has 3 aromatic rings. The molecule has 0 aliphatic rings. The molecule has 102 valence electrons. The van der Waals surface area contributed by atoms with Crippen molar-refractivity contribution in [3.63, 3.8) is 0 Å². The van der Waals surface area contributed by atoms with Gasteiger partial charge in [-0.15, -0.1) is 0 Å². The van der Waals surface area contributed by atoms with Crippen LogP contribution in [0.2, 0.25) is 0 Å². The van der Waals surface area contributed by atoms with Gasteiger partial charge in [0.05, 0.1) is 0 Å². The first-order valence-electron chi connectivity index (χ1n) is 5.63. The lowest BCUT2D eigenvalue weighted by molar-refractivity contribution is 0.368. The van der Waals surface area contributed by atoms with E-state index < -0.39 is 17.2 Å². The SMILES string of the molecule is Oc1cc(-c2cc3cc(Br)cc(O)c3o2)cc(O)c1O. The average molecular weight is 337 g/mol. The van der Waals surface area contributed by atoms with Crippen LogP contribution < -0.4 is 0 Å². The largest absolute Gasteiger partial charge is 0.504 e. The smallest absolute Gasteiger partial charge is 0.200 e. The van der Waals surface area contributed by atoms with Gasteiger partial charge in [0.15, 0.2) is 28.6 Å². The number of hydrogen-bond donors (Lipinski definition) is 4. The van der Waals surface area contributed by atoms with Crippen LogP contribution in [0.15, 0.2) is 39.2 Å². The predicted octanol–water partition coefficient (Wildman–Crippen LogP) is 3.68. The van der Waals surface area contributed by atoms with E-state index in [4.69, 9.17) is 4.42 Å². The van der Waals surface area contributed by atoms with Crippen molar-refractivity contribution in [3.8, 4) is 34.3 Å². The fourth-order valence-electron chi connectivity index (χ4n) is 1.99. The molecule has 0 atom stereocenters. The Morgan fingerprint density at radius 3 is 2.10 bits per heavy atom. The highest BCUT2D eigenvalue weighted by Gasteiger charge is 2.14. The highest BCUT2D eigenvalue weighted by Crippen LogP contribution is 2.41. The molecule has 5 nitrogen and oxygen atoms in total.